The molecule has 120 valence electrons. The van der Waals surface area contributed by atoms with Gasteiger partial charge in [0, 0.05) is 23.1 Å². The number of aromatic carboxylic acids is 1. The van der Waals surface area contributed by atoms with Gasteiger partial charge in [-0.3, -0.25) is 0 Å². The van der Waals surface area contributed by atoms with Gasteiger partial charge < -0.3 is 14.9 Å². The summed E-state index contributed by atoms with van der Waals surface area (Å²) < 4.78 is 5.03. The SMILES string of the molecule is COc1ccc(C#Cc2ccccc2C#CCCO)cc1C(=O)O. The average molecular weight is 320 g/mol. The quantitative estimate of drug-likeness (QED) is 0.853. The minimum absolute atomic E-state index is 0.0185. The van der Waals surface area contributed by atoms with Crippen LogP contribution >= 0.6 is 0 Å². The van der Waals surface area contributed by atoms with Crippen molar-refractivity contribution in [2.75, 3.05) is 13.7 Å². The molecule has 24 heavy (non-hydrogen) atoms. The van der Waals surface area contributed by atoms with Crippen molar-refractivity contribution in [2.45, 2.75) is 6.42 Å². The molecule has 0 spiro atoms. The number of hydrogen-bond donors (Lipinski definition) is 2. The highest BCUT2D eigenvalue weighted by Gasteiger charge is 2.10. The molecule has 0 aliphatic carbocycles. The maximum absolute atomic E-state index is 11.2. The first-order valence-electron chi connectivity index (χ1n) is 7.28. The van der Waals surface area contributed by atoms with Crippen LogP contribution in [0.2, 0.25) is 0 Å². The van der Waals surface area contributed by atoms with E-state index in [1.807, 2.05) is 24.3 Å². The molecule has 0 aliphatic heterocycles. The molecule has 0 bridgehead atoms. The molecule has 2 aromatic rings. The van der Waals surface area contributed by atoms with Gasteiger partial charge in [-0.25, -0.2) is 4.79 Å². The highest BCUT2D eigenvalue weighted by atomic mass is 16.5. The lowest BCUT2D eigenvalue weighted by Gasteiger charge is -2.04. The van der Waals surface area contributed by atoms with Crippen LogP contribution in [0.4, 0.5) is 0 Å². The molecule has 0 saturated heterocycles. The third-order valence-electron chi connectivity index (χ3n) is 3.16. The molecule has 2 N–H and O–H groups in total. The number of carboxylic acids is 1. The van der Waals surface area contributed by atoms with E-state index in [1.54, 1.807) is 12.1 Å². The first-order chi connectivity index (χ1) is 11.7. The summed E-state index contributed by atoms with van der Waals surface area (Å²) in [7, 11) is 1.43. The Morgan fingerprint density at radius 3 is 2.42 bits per heavy atom. The molecule has 0 aliphatic rings. The first-order valence-corrected chi connectivity index (χ1v) is 7.28. The number of carbonyl (C=O) groups is 1. The molecule has 0 aromatic heterocycles. The van der Waals surface area contributed by atoms with Gasteiger partial charge in [-0.05, 0) is 30.3 Å². The average Bonchev–Trinajstić information content (AvgIpc) is 2.60. The van der Waals surface area contributed by atoms with Gasteiger partial charge in [-0.15, -0.1) is 0 Å². The Morgan fingerprint density at radius 1 is 1.08 bits per heavy atom. The van der Waals surface area contributed by atoms with Crippen LogP contribution in [0.3, 0.4) is 0 Å². The van der Waals surface area contributed by atoms with E-state index in [-0.39, 0.29) is 12.2 Å². The van der Waals surface area contributed by atoms with E-state index in [0.29, 0.717) is 17.7 Å². The highest BCUT2D eigenvalue weighted by molar-refractivity contribution is 5.91. The Balaban J connectivity index is 2.36. The fourth-order valence-electron chi connectivity index (χ4n) is 2.01. The van der Waals surface area contributed by atoms with Crippen molar-refractivity contribution in [3.63, 3.8) is 0 Å². The lowest BCUT2D eigenvalue weighted by molar-refractivity contribution is 0.0693. The molecule has 0 heterocycles. The summed E-state index contributed by atoms with van der Waals surface area (Å²) in [5.74, 6) is 11.0. The van der Waals surface area contributed by atoms with Gasteiger partial charge in [0.1, 0.15) is 11.3 Å². The molecule has 0 unspecified atom stereocenters. The number of aliphatic hydroxyl groups excluding tert-OH is 1. The van der Waals surface area contributed by atoms with Crippen LogP contribution in [-0.2, 0) is 0 Å². The van der Waals surface area contributed by atoms with E-state index < -0.39 is 5.97 Å². The minimum Gasteiger partial charge on any atom is -0.496 e. The second-order valence-electron chi connectivity index (χ2n) is 4.79. The molecule has 0 radical (unpaired) electrons. The van der Waals surface area contributed by atoms with Crippen molar-refractivity contribution in [3.8, 4) is 29.4 Å². The summed E-state index contributed by atoms with van der Waals surface area (Å²) >= 11 is 0. The summed E-state index contributed by atoms with van der Waals surface area (Å²) in [6, 6.07) is 12.2. The summed E-state index contributed by atoms with van der Waals surface area (Å²) in [4.78, 5) is 11.2. The highest BCUT2D eigenvalue weighted by Crippen LogP contribution is 2.19. The standard InChI is InChI=1S/C20H16O4/c1-24-19-12-10-15(14-18(19)20(22)23)9-11-17-7-3-2-6-16(17)8-4-5-13-21/h2-3,6-7,10,12,14,21H,5,13H2,1H3,(H,22,23). The Bertz CT molecular complexity index is 860. The number of aliphatic hydroxyl groups is 1. The maximum atomic E-state index is 11.2. The van der Waals surface area contributed by atoms with Gasteiger partial charge in [0.25, 0.3) is 0 Å². The third kappa shape index (κ3) is 4.39. The maximum Gasteiger partial charge on any atom is 0.339 e. The molecule has 0 saturated carbocycles. The second kappa shape index (κ2) is 8.43. The van der Waals surface area contributed by atoms with Crippen molar-refractivity contribution >= 4 is 5.97 Å². The first kappa shape index (κ1) is 17.1. The molecule has 0 atom stereocenters. The van der Waals surface area contributed by atoms with Gasteiger partial charge in [-0.1, -0.05) is 35.8 Å². The third-order valence-corrected chi connectivity index (χ3v) is 3.16. The van der Waals surface area contributed by atoms with E-state index in [4.69, 9.17) is 9.84 Å². The van der Waals surface area contributed by atoms with Crippen molar-refractivity contribution in [1.29, 1.82) is 0 Å². The number of carboxylic acid groups (broad SMARTS) is 1. The zero-order valence-electron chi connectivity index (χ0n) is 13.2. The zero-order chi connectivity index (χ0) is 17.4. The lowest BCUT2D eigenvalue weighted by Crippen LogP contribution is -2.00. The number of hydrogen-bond acceptors (Lipinski definition) is 3. The van der Waals surface area contributed by atoms with Crippen LogP contribution in [0.1, 0.15) is 33.5 Å². The predicted molar refractivity (Wildman–Crippen MR) is 91.0 cm³/mol. The Labute approximate surface area is 140 Å². The summed E-state index contributed by atoms with van der Waals surface area (Å²) in [5.41, 5.74) is 2.16. The monoisotopic (exact) mass is 320 g/mol. The Hall–Kier alpha value is -3.21. The van der Waals surface area contributed by atoms with Gasteiger partial charge >= 0.3 is 5.97 Å². The van der Waals surface area contributed by atoms with Crippen molar-refractivity contribution in [2.24, 2.45) is 0 Å². The van der Waals surface area contributed by atoms with Crippen LogP contribution in [-0.4, -0.2) is 29.9 Å². The van der Waals surface area contributed by atoms with Crippen LogP contribution in [0, 0.1) is 23.7 Å². The largest absolute Gasteiger partial charge is 0.496 e. The topological polar surface area (TPSA) is 66.8 Å². The molecule has 0 amide bonds. The molecule has 4 nitrogen and oxygen atoms in total. The number of rotatable bonds is 3. The van der Waals surface area contributed by atoms with Crippen molar-refractivity contribution < 1.29 is 19.7 Å². The second-order valence-corrected chi connectivity index (χ2v) is 4.79. The van der Waals surface area contributed by atoms with Gasteiger partial charge in [-0.2, -0.15) is 0 Å². The number of ether oxygens (including phenoxy) is 1. The van der Waals surface area contributed by atoms with E-state index >= 15 is 0 Å². The lowest BCUT2D eigenvalue weighted by atomic mass is 10.1. The fraction of sp³-hybridized carbons (Fsp3) is 0.150. The molecule has 0 fully saturated rings. The van der Waals surface area contributed by atoms with Gasteiger partial charge in [0.05, 0.1) is 13.7 Å². The van der Waals surface area contributed by atoms with Gasteiger partial charge in [0.15, 0.2) is 0 Å². The van der Waals surface area contributed by atoms with E-state index in [2.05, 4.69) is 23.7 Å². The normalized spacial score (nSPS) is 9.25. The number of benzene rings is 2. The molecule has 2 rings (SSSR count). The number of methoxy groups -OCH3 is 1. The van der Waals surface area contributed by atoms with E-state index in [9.17, 15) is 9.90 Å². The molecule has 4 heteroatoms. The zero-order valence-corrected chi connectivity index (χ0v) is 13.2. The van der Waals surface area contributed by atoms with Crippen molar-refractivity contribution in [3.05, 3.63) is 64.7 Å². The van der Waals surface area contributed by atoms with Crippen molar-refractivity contribution in [1.82, 2.24) is 0 Å². The fourth-order valence-corrected chi connectivity index (χ4v) is 2.01. The molecule has 2 aromatic carbocycles. The summed E-state index contributed by atoms with van der Waals surface area (Å²) in [6.07, 6.45) is 0.405. The van der Waals surface area contributed by atoms with Crippen LogP contribution in [0.25, 0.3) is 0 Å². The van der Waals surface area contributed by atoms with Gasteiger partial charge in [0.2, 0.25) is 0 Å². The van der Waals surface area contributed by atoms with Crippen LogP contribution in [0.15, 0.2) is 42.5 Å². The Morgan fingerprint density at radius 2 is 1.79 bits per heavy atom. The molecular formula is C20H16O4. The van der Waals surface area contributed by atoms with E-state index in [1.165, 1.54) is 13.2 Å². The minimum atomic E-state index is -1.06. The molecular weight excluding hydrogens is 304 g/mol. The van der Waals surface area contributed by atoms with Crippen LogP contribution < -0.4 is 4.74 Å². The smallest absolute Gasteiger partial charge is 0.339 e. The predicted octanol–water partition coefficient (Wildman–Crippen LogP) is 2.53. The van der Waals surface area contributed by atoms with Crippen LogP contribution in [0.5, 0.6) is 5.75 Å². The Kier molecular flexibility index (Phi) is 6.02. The van der Waals surface area contributed by atoms with E-state index in [0.717, 1.165) is 11.1 Å². The summed E-state index contributed by atoms with van der Waals surface area (Å²) in [5, 5.41) is 18.0. The summed E-state index contributed by atoms with van der Waals surface area (Å²) in [6.45, 7) is 0.0185.